The minimum atomic E-state index is -0.908. The summed E-state index contributed by atoms with van der Waals surface area (Å²) in [6.45, 7) is 4.05. The molecule has 0 rings (SSSR count). The minimum absolute atomic E-state index is 0.287. The molecule has 0 saturated carbocycles. The van der Waals surface area contributed by atoms with Crippen molar-refractivity contribution in [2.45, 2.75) is 97.3 Å². The number of carboxylic acids is 2. The number of rotatable bonds is 19. The maximum absolute atomic E-state index is 10.6. The average Bonchev–Trinajstić information content (AvgIpc) is 2.66. The summed E-state index contributed by atoms with van der Waals surface area (Å²) >= 11 is 0. The maximum Gasteiger partial charge on any atom is 0.332 e. The van der Waals surface area contributed by atoms with Crippen LogP contribution in [0.5, 0.6) is 0 Å². The van der Waals surface area contributed by atoms with Gasteiger partial charge in [0.2, 0.25) is 0 Å². The normalized spacial score (nSPS) is 12.2. The van der Waals surface area contributed by atoms with Crippen molar-refractivity contribution in [3.8, 4) is 0 Å². The summed E-state index contributed by atoms with van der Waals surface area (Å²) in [6, 6.07) is 0. The van der Waals surface area contributed by atoms with Gasteiger partial charge in [0.25, 0.3) is 0 Å². The predicted molar refractivity (Wildman–Crippen MR) is 114 cm³/mol. The Labute approximate surface area is 170 Å². The Kier molecular flexibility index (Phi) is 17.3. The summed E-state index contributed by atoms with van der Waals surface area (Å²) < 4.78 is 0. The molecule has 0 amide bonds. The number of hydrogen-bond donors (Lipinski definition) is 4. The van der Waals surface area contributed by atoms with Crippen LogP contribution in [0.3, 0.4) is 0 Å². The van der Waals surface area contributed by atoms with Crippen molar-refractivity contribution in [3.63, 3.8) is 0 Å². The van der Waals surface area contributed by atoms with Gasteiger partial charge in [0, 0.05) is 18.3 Å². The molecule has 0 aromatic rings. The summed E-state index contributed by atoms with van der Waals surface area (Å²) in [5.41, 5.74) is 6.55. The summed E-state index contributed by atoms with van der Waals surface area (Å²) in [6.07, 6.45) is 19.1. The van der Waals surface area contributed by atoms with Crippen molar-refractivity contribution < 1.29 is 19.8 Å². The van der Waals surface area contributed by atoms with E-state index in [1.165, 1.54) is 70.4 Å². The average molecular weight is 397 g/mol. The van der Waals surface area contributed by atoms with Gasteiger partial charge in [0.1, 0.15) is 0 Å². The molecule has 0 aliphatic heterocycles. The number of carboxylic acid groups (broad SMARTS) is 2. The summed E-state index contributed by atoms with van der Waals surface area (Å²) in [5.74, 6) is -1.72. The van der Waals surface area contributed by atoms with E-state index in [4.69, 9.17) is 10.2 Å². The number of hydrazine groups is 1. The first-order valence-electron chi connectivity index (χ1n) is 10.7. The number of carbonyl (C=O) groups is 2. The van der Waals surface area contributed by atoms with E-state index in [0.717, 1.165) is 25.8 Å². The van der Waals surface area contributed by atoms with Crippen LogP contribution < -0.4 is 10.9 Å². The fraction of sp³-hybridized carbons (Fsp3) is 0.727. The molecule has 0 aromatic carbocycles. The molecule has 0 bridgehead atoms. The molecular formula is C22H40N2O4. The van der Waals surface area contributed by atoms with E-state index in [2.05, 4.69) is 10.9 Å². The van der Waals surface area contributed by atoms with Crippen molar-refractivity contribution in [3.05, 3.63) is 23.4 Å². The molecule has 0 saturated heterocycles. The van der Waals surface area contributed by atoms with Crippen LogP contribution in [-0.2, 0) is 9.59 Å². The molecule has 4 N–H and O–H groups in total. The van der Waals surface area contributed by atoms with Crippen LogP contribution in [0, 0.1) is 0 Å². The van der Waals surface area contributed by atoms with Crippen molar-refractivity contribution in [2.24, 2.45) is 0 Å². The molecule has 28 heavy (non-hydrogen) atoms. The lowest BCUT2D eigenvalue weighted by Gasteiger charge is -2.05. The third-order valence-electron chi connectivity index (χ3n) is 4.77. The lowest BCUT2D eigenvalue weighted by atomic mass is 10.0. The highest BCUT2D eigenvalue weighted by atomic mass is 16.4. The molecule has 0 aliphatic rings. The van der Waals surface area contributed by atoms with Crippen LogP contribution in [0.4, 0.5) is 0 Å². The van der Waals surface area contributed by atoms with Gasteiger partial charge in [-0.2, -0.15) is 0 Å². The largest absolute Gasteiger partial charge is 0.478 e. The van der Waals surface area contributed by atoms with Crippen LogP contribution >= 0.6 is 0 Å². The van der Waals surface area contributed by atoms with Gasteiger partial charge in [-0.05, 0) is 33.1 Å². The topological polar surface area (TPSA) is 98.7 Å². The number of aliphatic carboxylic acids is 2. The Morgan fingerprint density at radius 2 is 1.11 bits per heavy atom. The van der Waals surface area contributed by atoms with Crippen molar-refractivity contribution >= 4 is 11.9 Å². The molecule has 0 aromatic heterocycles. The molecule has 162 valence electrons. The van der Waals surface area contributed by atoms with Gasteiger partial charge in [-0.15, -0.1) is 0 Å². The van der Waals surface area contributed by atoms with E-state index in [1.807, 2.05) is 6.08 Å². The fourth-order valence-electron chi connectivity index (χ4n) is 2.82. The Hall–Kier alpha value is -1.82. The highest BCUT2D eigenvalue weighted by Crippen LogP contribution is 2.13. The molecule has 0 unspecified atom stereocenters. The monoisotopic (exact) mass is 396 g/mol. The molecule has 0 atom stereocenters. The molecule has 0 aliphatic carbocycles. The Balaban J connectivity index is 3.22. The molecule has 0 heterocycles. The van der Waals surface area contributed by atoms with Gasteiger partial charge in [-0.3, -0.25) is 0 Å². The van der Waals surface area contributed by atoms with E-state index in [0.29, 0.717) is 5.57 Å². The predicted octanol–water partition coefficient (Wildman–Crippen LogP) is 5.17. The van der Waals surface area contributed by atoms with Crippen LogP contribution in [0.15, 0.2) is 23.4 Å². The Morgan fingerprint density at radius 3 is 1.57 bits per heavy atom. The molecular weight excluding hydrogens is 356 g/mol. The maximum atomic E-state index is 10.6. The quantitative estimate of drug-likeness (QED) is 0.137. The lowest BCUT2D eigenvalue weighted by molar-refractivity contribution is -0.133. The van der Waals surface area contributed by atoms with Crippen molar-refractivity contribution in [1.29, 1.82) is 0 Å². The van der Waals surface area contributed by atoms with Crippen LogP contribution in [0.25, 0.3) is 0 Å². The van der Waals surface area contributed by atoms with E-state index in [9.17, 15) is 9.59 Å². The minimum Gasteiger partial charge on any atom is -0.478 e. The number of hydrogen-bond acceptors (Lipinski definition) is 4. The van der Waals surface area contributed by atoms with Gasteiger partial charge in [0.05, 0.1) is 5.57 Å². The van der Waals surface area contributed by atoms with Crippen molar-refractivity contribution in [1.82, 2.24) is 10.9 Å². The zero-order valence-corrected chi connectivity index (χ0v) is 17.8. The third-order valence-corrected chi connectivity index (χ3v) is 4.77. The number of allylic oxidation sites excluding steroid dienone is 1. The standard InChI is InChI=1S/C22H40N2O4/c1-19(21(25)26)16-14-12-10-8-6-4-3-5-7-9-11-13-15-17-23-24-18-20(2)22(27)28/h16,18,23-24H,3-15,17H2,1-2H3,(H,25,26)(H,27,28). The van der Waals surface area contributed by atoms with Gasteiger partial charge < -0.3 is 15.6 Å². The van der Waals surface area contributed by atoms with Crippen LogP contribution in [-0.4, -0.2) is 28.7 Å². The summed E-state index contributed by atoms with van der Waals surface area (Å²) in [7, 11) is 0. The molecule has 6 heteroatoms. The Bertz CT molecular complexity index is 443. The second-order valence-corrected chi connectivity index (χ2v) is 7.43. The van der Waals surface area contributed by atoms with Crippen molar-refractivity contribution in [2.75, 3.05) is 6.54 Å². The Morgan fingerprint density at radius 1 is 0.679 bits per heavy atom. The SMILES string of the molecule is CC(=CCCCCCCCCCCCCCCNNC=C(C)C(=O)O)C(=O)O. The van der Waals surface area contributed by atoms with Crippen LogP contribution in [0.2, 0.25) is 0 Å². The second-order valence-electron chi connectivity index (χ2n) is 7.43. The molecule has 0 spiro atoms. The number of unbranched alkanes of at least 4 members (excludes halogenated alkanes) is 12. The molecule has 0 fully saturated rings. The van der Waals surface area contributed by atoms with E-state index in [-0.39, 0.29) is 5.57 Å². The van der Waals surface area contributed by atoms with Gasteiger partial charge >= 0.3 is 11.9 Å². The number of nitrogens with one attached hydrogen (secondary N) is 2. The zero-order chi connectivity index (χ0) is 21.0. The third kappa shape index (κ3) is 17.6. The van der Waals surface area contributed by atoms with E-state index in [1.54, 1.807) is 13.8 Å². The highest BCUT2D eigenvalue weighted by molar-refractivity contribution is 5.86. The van der Waals surface area contributed by atoms with Crippen LogP contribution in [0.1, 0.15) is 97.3 Å². The van der Waals surface area contributed by atoms with E-state index < -0.39 is 11.9 Å². The second kappa shape index (κ2) is 18.5. The van der Waals surface area contributed by atoms with Gasteiger partial charge in [-0.25, -0.2) is 15.0 Å². The highest BCUT2D eigenvalue weighted by Gasteiger charge is 1.99. The molecule has 0 radical (unpaired) electrons. The molecule has 6 nitrogen and oxygen atoms in total. The smallest absolute Gasteiger partial charge is 0.332 e. The zero-order valence-electron chi connectivity index (χ0n) is 17.8. The first-order chi connectivity index (χ1) is 13.4. The first kappa shape index (κ1) is 26.2. The van der Waals surface area contributed by atoms with Gasteiger partial charge in [-0.1, -0.05) is 70.3 Å². The fourth-order valence-corrected chi connectivity index (χ4v) is 2.82. The lowest BCUT2D eigenvalue weighted by Crippen LogP contribution is -2.28. The summed E-state index contributed by atoms with van der Waals surface area (Å²) in [5, 5.41) is 17.5. The first-order valence-corrected chi connectivity index (χ1v) is 10.7. The summed E-state index contributed by atoms with van der Waals surface area (Å²) in [4.78, 5) is 21.2. The van der Waals surface area contributed by atoms with E-state index >= 15 is 0 Å². The van der Waals surface area contributed by atoms with Gasteiger partial charge in [0.15, 0.2) is 0 Å².